The van der Waals surface area contributed by atoms with Gasteiger partial charge in [-0.25, -0.2) is 0 Å². The van der Waals surface area contributed by atoms with Crippen LogP contribution in [0.2, 0.25) is 0 Å². The first-order valence-electron chi connectivity index (χ1n) is 7.85. The molecule has 0 aliphatic carbocycles. The van der Waals surface area contributed by atoms with E-state index in [0.717, 1.165) is 15.4 Å². The highest BCUT2D eigenvalue weighted by atomic mass is 79.9. The maximum atomic E-state index is 6.28. The third kappa shape index (κ3) is 7.24. The molecule has 0 amide bonds. The molecule has 1 unspecified atom stereocenters. The fraction of sp³-hybridized carbons (Fsp3) is 0.647. The smallest absolute Gasteiger partial charge is 0.0306 e. The summed E-state index contributed by atoms with van der Waals surface area (Å²) in [6, 6.07) is 6.40. The summed E-state index contributed by atoms with van der Waals surface area (Å²) in [7, 11) is 0. The number of benzene rings is 1. The van der Waals surface area contributed by atoms with Crippen molar-refractivity contribution in [3.63, 3.8) is 0 Å². The molecule has 0 aromatic heterocycles. The Labute approximate surface area is 141 Å². The minimum absolute atomic E-state index is 0.151. The standard InChI is InChI=1S/C17H27Br2N/c1-2-3-4-5-6-7-8-9-10-17(20)15-12-11-14(18)13-16(15)19/h11-13,17H,2-10,20H2,1H3. The Hall–Kier alpha value is 0.140. The van der Waals surface area contributed by atoms with E-state index in [4.69, 9.17) is 5.73 Å². The number of unbranched alkanes of at least 4 members (excludes halogenated alkanes) is 7. The second-order valence-electron chi connectivity index (χ2n) is 5.54. The maximum Gasteiger partial charge on any atom is 0.0306 e. The Kier molecular flexibility index (Phi) is 9.83. The molecule has 0 saturated carbocycles. The van der Waals surface area contributed by atoms with Gasteiger partial charge < -0.3 is 5.73 Å². The number of nitrogens with two attached hydrogens (primary N) is 1. The fourth-order valence-electron chi connectivity index (χ4n) is 2.46. The van der Waals surface area contributed by atoms with Crippen LogP contribution < -0.4 is 5.73 Å². The average Bonchev–Trinajstić information content (AvgIpc) is 2.41. The van der Waals surface area contributed by atoms with Gasteiger partial charge in [-0.2, -0.15) is 0 Å². The van der Waals surface area contributed by atoms with Gasteiger partial charge in [0.2, 0.25) is 0 Å². The van der Waals surface area contributed by atoms with Crippen molar-refractivity contribution in [1.29, 1.82) is 0 Å². The molecule has 0 saturated heterocycles. The van der Waals surface area contributed by atoms with E-state index in [-0.39, 0.29) is 6.04 Å². The van der Waals surface area contributed by atoms with Gasteiger partial charge in [0, 0.05) is 15.0 Å². The zero-order valence-electron chi connectivity index (χ0n) is 12.5. The second kappa shape index (κ2) is 10.8. The minimum atomic E-state index is 0.151. The molecule has 1 rings (SSSR count). The summed E-state index contributed by atoms with van der Waals surface area (Å²) in [4.78, 5) is 0. The predicted molar refractivity (Wildman–Crippen MR) is 96.0 cm³/mol. The van der Waals surface area contributed by atoms with Crippen LogP contribution in [-0.2, 0) is 0 Å². The van der Waals surface area contributed by atoms with Crippen LogP contribution in [-0.4, -0.2) is 0 Å². The monoisotopic (exact) mass is 403 g/mol. The van der Waals surface area contributed by atoms with Gasteiger partial charge in [0.15, 0.2) is 0 Å². The molecule has 1 atom stereocenters. The Morgan fingerprint density at radius 3 is 2.15 bits per heavy atom. The summed E-state index contributed by atoms with van der Waals surface area (Å²) in [5.74, 6) is 0. The topological polar surface area (TPSA) is 26.0 Å². The third-order valence-corrected chi connectivity index (χ3v) is 4.91. The van der Waals surface area contributed by atoms with Crippen LogP contribution >= 0.6 is 31.9 Å². The molecule has 0 radical (unpaired) electrons. The summed E-state index contributed by atoms with van der Waals surface area (Å²) in [6.45, 7) is 2.27. The molecule has 0 spiro atoms. The van der Waals surface area contributed by atoms with E-state index in [1.165, 1.54) is 56.9 Å². The summed E-state index contributed by atoms with van der Waals surface area (Å²) >= 11 is 7.07. The normalized spacial score (nSPS) is 12.6. The van der Waals surface area contributed by atoms with Crippen molar-refractivity contribution < 1.29 is 0 Å². The van der Waals surface area contributed by atoms with Crippen molar-refractivity contribution >= 4 is 31.9 Å². The first-order valence-corrected chi connectivity index (χ1v) is 9.44. The lowest BCUT2D eigenvalue weighted by Crippen LogP contribution is -2.10. The minimum Gasteiger partial charge on any atom is -0.324 e. The summed E-state index contributed by atoms with van der Waals surface area (Å²) in [5.41, 5.74) is 7.50. The Morgan fingerprint density at radius 2 is 1.55 bits per heavy atom. The molecular formula is C17H27Br2N. The average molecular weight is 405 g/mol. The van der Waals surface area contributed by atoms with Gasteiger partial charge in [0.05, 0.1) is 0 Å². The lowest BCUT2D eigenvalue weighted by atomic mass is 10.0. The van der Waals surface area contributed by atoms with Crippen molar-refractivity contribution in [3.8, 4) is 0 Å². The van der Waals surface area contributed by atoms with Crippen LogP contribution in [0.4, 0.5) is 0 Å². The third-order valence-electron chi connectivity index (χ3n) is 3.73. The number of halogens is 2. The van der Waals surface area contributed by atoms with E-state index < -0.39 is 0 Å². The van der Waals surface area contributed by atoms with Crippen molar-refractivity contribution in [2.45, 2.75) is 70.8 Å². The SMILES string of the molecule is CCCCCCCCCCC(N)c1ccc(Br)cc1Br. The van der Waals surface area contributed by atoms with E-state index in [2.05, 4.69) is 57.0 Å². The number of hydrogen-bond donors (Lipinski definition) is 1. The molecule has 0 aliphatic rings. The Morgan fingerprint density at radius 1 is 0.950 bits per heavy atom. The number of rotatable bonds is 10. The molecule has 114 valence electrons. The van der Waals surface area contributed by atoms with Gasteiger partial charge in [0.25, 0.3) is 0 Å². The molecule has 0 bridgehead atoms. The fourth-order valence-corrected chi connectivity index (χ4v) is 3.80. The quantitative estimate of drug-likeness (QED) is 0.429. The Balaban J connectivity index is 2.15. The Bertz CT molecular complexity index is 379. The molecule has 1 aromatic rings. The van der Waals surface area contributed by atoms with Gasteiger partial charge in [-0.3, -0.25) is 0 Å². The molecule has 0 fully saturated rings. The van der Waals surface area contributed by atoms with E-state index in [1.807, 2.05) is 0 Å². The molecular weight excluding hydrogens is 378 g/mol. The van der Waals surface area contributed by atoms with Crippen LogP contribution in [0.3, 0.4) is 0 Å². The van der Waals surface area contributed by atoms with Crippen LogP contribution in [0, 0.1) is 0 Å². The van der Waals surface area contributed by atoms with Crippen LogP contribution in [0.1, 0.15) is 76.3 Å². The first-order chi connectivity index (χ1) is 9.65. The molecule has 20 heavy (non-hydrogen) atoms. The molecule has 0 aliphatic heterocycles. The van der Waals surface area contributed by atoms with Crippen LogP contribution in [0.25, 0.3) is 0 Å². The van der Waals surface area contributed by atoms with Gasteiger partial charge in [0.1, 0.15) is 0 Å². The molecule has 2 N–H and O–H groups in total. The van der Waals surface area contributed by atoms with Crippen molar-refractivity contribution in [1.82, 2.24) is 0 Å². The highest BCUT2D eigenvalue weighted by molar-refractivity contribution is 9.11. The molecule has 1 nitrogen and oxygen atoms in total. The van der Waals surface area contributed by atoms with Crippen LogP contribution in [0.5, 0.6) is 0 Å². The van der Waals surface area contributed by atoms with Gasteiger partial charge in [-0.1, -0.05) is 96.2 Å². The van der Waals surface area contributed by atoms with Gasteiger partial charge in [-0.15, -0.1) is 0 Å². The lowest BCUT2D eigenvalue weighted by Gasteiger charge is -2.14. The van der Waals surface area contributed by atoms with Crippen molar-refractivity contribution in [2.75, 3.05) is 0 Å². The van der Waals surface area contributed by atoms with Gasteiger partial charge >= 0.3 is 0 Å². The zero-order chi connectivity index (χ0) is 14.8. The van der Waals surface area contributed by atoms with E-state index in [9.17, 15) is 0 Å². The van der Waals surface area contributed by atoms with Crippen molar-refractivity contribution in [3.05, 3.63) is 32.7 Å². The van der Waals surface area contributed by atoms with E-state index in [1.54, 1.807) is 0 Å². The highest BCUT2D eigenvalue weighted by Crippen LogP contribution is 2.28. The summed E-state index contributed by atoms with van der Waals surface area (Å²) in [5, 5.41) is 0. The predicted octanol–water partition coefficient (Wildman–Crippen LogP) is 6.74. The molecule has 3 heteroatoms. The van der Waals surface area contributed by atoms with Crippen LogP contribution in [0.15, 0.2) is 27.1 Å². The van der Waals surface area contributed by atoms with E-state index >= 15 is 0 Å². The molecule has 1 aromatic carbocycles. The summed E-state index contributed by atoms with van der Waals surface area (Å²) < 4.78 is 2.20. The summed E-state index contributed by atoms with van der Waals surface area (Å²) in [6.07, 6.45) is 11.9. The largest absolute Gasteiger partial charge is 0.324 e. The lowest BCUT2D eigenvalue weighted by molar-refractivity contribution is 0.535. The zero-order valence-corrected chi connectivity index (χ0v) is 15.7. The van der Waals surface area contributed by atoms with E-state index in [0.29, 0.717) is 0 Å². The second-order valence-corrected chi connectivity index (χ2v) is 7.31. The first kappa shape index (κ1) is 18.2. The molecule has 0 heterocycles. The maximum absolute atomic E-state index is 6.28. The van der Waals surface area contributed by atoms with Crippen molar-refractivity contribution in [2.24, 2.45) is 5.73 Å². The number of hydrogen-bond acceptors (Lipinski definition) is 1. The van der Waals surface area contributed by atoms with Gasteiger partial charge in [-0.05, 0) is 24.1 Å². The highest BCUT2D eigenvalue weighted by Gasteiger charge is 2.09.